The Morgan fingerprint density at radius 2 is 1.74 bits per heavy atom. The standard InChI is InChI=1S/C16H15F2NO3S/c17-13-6-14(18)8-16(7-13)23(20,21)19-9-15-5-11-3-1-2-4-12(11)10-22-15/h1-4,6-8,15,19H,5,9-10H2. The monoisotopic (exact) mass is 339 g/mol. The Hall–Kier alpha value is -1.83. The van der Waals surface area contributed by atoms with E-state index in [0.29, 0.717) is 19.1 Å². The van der Waals surface area contributed by atoms with Gasteiger partial charge < -0.3 is 4.74 Å². The number of hydrogen-bond acceptors (Lipinski definition) is 3. The van der Waals surface area contributed by atoms with Gasteiger partial charge in [0.1, 0.15) is 11.6 Å². The van der Waals surface area contributed by atoms with Crippen LogP contribution >= 0.6 is 0 Å². The smallest absolute Gasteiger partial charge is 0.240 e. The molecule has 0 spiro atoms. The van der Waals surface area contributed by atoms with Crippen molar-refractivity contribution in [2.75, 3.05) is 6.54 Å². The lowest BCUT2D eigenvalue weighted by molar-refractivity contribution is 0.0322. The summed E-state index contributed by atoms with van der Waals surface area (Å²) >= 11 is 0. The minimum atomic E-state index is -3.99. The molecule has 1 N–H and O–H groups in total. The van der Waals surface area contributed by atoms with Crippen LogP contribution in [0.5, 0.6) is 0 Å². The average molecular weight is 339 g/mol. The lowest BCUT2D eigenvalue weighted by Crippen LogP contribution is -2.36. The summed E-state index contributed by atoms with van der Waals surface area (Å²) in [6, 6.07) is 9.96. The molecule has 0 aromatic heterocycles. The van der Waals surface area contributed by atoms with E-state index in [4.69, 9.17) is 4.74 Å². The highest BCUT2D eigenvalue weighted by atomic mass is 32.2. The van der Waals surface area contributed by atoms with Gasteiger partial charge in [-0.3, -0.25) is 0 Å². The molecule has 1 heterocycles. The molecule has 122 valence electrons. The fourth-order valence-corrected chi connectivity index (χ4v) is 3.62. The van der Waals surface area contributed by atoms with Gasteiger partial charge in [-0.2, -0.15) is 0 Å². The first-order valence-electron chi connectivity index (χ1n) is 7.08. The van der Waals surface area contributed by atoms with Crippen molar-refractivity contribution in [3.63, 3.8) is 0 Å². The van der Waals surface area contributed by atoms with Crippen molar-refractivity contribution in [2.45, 2.75) is 24.0 Å². The van der Waals surface area contributed by atoms with Crippen molar-refractivity contribution in [2.24, 2.45) is 0 Å². The van der Waals surface area contributed by atoms with Gasteiger partial charge >= 0.3 is 0 Å². The van der Waals surface area contributed by atoms with Crippen LogP contribution in [0.4, 0.5) is 8.78 Å². The van der Waals surface area contributed by atoms with Crippen molar-refractivity contribution >= 4 is 10.0 Å². The third-order valence-electron chi connectivity index (χ3n) is 3.69. The van der Waals surface area contributed by atoms with Crippen LogP contribution in [-0.4, -0.2) is 21.1 Å². The van der Waals surface area contributed by atoms with E-state index < -0.39 is 26.6 Å². The van der Waals surface area contributed by atoms with E-state index in [9.17, 15) is 17.2 Å². The Morgan fingerprint density at radius 1 is 1.09 bits per heavy atom. The van der Waals surface area contributed by atoms with Gasteiger partial charge in [-0.15, -0.1) is 0 Å². The maximum atomic E-state index is 13.2. The van der Waals surface area contributed by atoms with Crippen molar-refractivity contribution in [3.8, 4) is 0 Å². The minimum Gasteiger partial charge on any atom is -0.372 e. The van der Waals surface area contributed by atoms with Crippen molar-refractivity contribution in [1.82, 2.24) is 4.72 Å². The Balaban J connectivity index is 1.68. The van der Waals surface area contributed by atoms with Crippen LogP contribution in [0.15, 0.2) is 47.4 Å². The Labute approximate surface area is 133 Å². The summed E-state index contributed by atoms with van der Waals surface area (Å²) in [4.78, 5) is -0.439. The third-order valence-corrected chi connectivity index (χ3v) is 5.09. The van der Waals surface area contributed by atoms with Gasteiger partial charge in [-0.25, -0.2) is 21.9 Å². The van der Waals surface area contributed by atoms with E-state index in [1.165, 1.54) is 0 Å². The third kappa shape index (κ3) is 3.74. The number of fused-ring (bicyclic) bond motifs is 1. The molecule has 3 rings (SSSR count). The van der Waals surface area contributed by atoms with Crippen LogP contribution in [-0.2, 0) is 27.8 Å². The van der Waals surface area contributed by atoms with Crippen LogP contribution in [0, 0.1) is 11.6 Å². The fraction of sp³-hybridized carbons (Fsp3) is 0.250. The Morgan fingerprint density at radius 3 is 2.43 bits per heavy atom. The van der Waals surface area contributed by atoms with Gasteiger partial charge in [0.2, 0.25) is 10.0 Å². The van der Waals surface area contributed by atoms with Crippen LogP contribution in [0.25, 0.3) is 0 Å². The van der Waals surface area contributed by atoms with Gasteiger partial charge in [0.15, 0.2) is 0 Å². The number of rotatable bonds is 4. The molecule has 7 heteroatoms. The number of ether oxygens (including phenoxy) is 1. The molecule has 1 unspecified atom stereocenters. The molecule has 1 atom stereocenters. The molecule has 2 aromatic rings. The molecular formula is C16H15F2NO3S. The Bertz CT molecular complexity index is 804. The summed E-state index contributed by atoms with van der Waals surface area (Å²) in [5.74, 6) is -1.87. The van der Waals surface area contributed by atoms with Gasteiger partial charge in [-0.05, 0) is 23.3 Å². The summed E-state index contributed by atoms with van der Waals surface area (Å²) < 4.78 is 58.5. The minimum absolute atomic E-state index is 0.0365. The molecule has 0 radical (unpaired) electrons. The lowest BCUT2D eigenvalue weighted by Gasteiger charge is -2.25. The van der Waals surface area contributed by atoms with E-state index in [-0.39, 0.29) is 12.6 Å². The highest BCUT2D eigenvalue weighted by Crippen LogP contribution is 2.20. The first kappa shape index (κ1) is 16.0. The molecule has 0 saturated carbocycles. The number of halogens is 2. The summed E-state index contributed by atoms with van der Waals surface area (Å²) in [5.41, 5.74) is 2.19. The average Bonchev–Trinajstić information content (AvgIpc) is 2.52. The summed E-state index contributed by atoms with van der Waals surface area (Å²) in [6.45, 7) is 0.450. The molecule has 4 nitrogen and oxygen atoms in total. The van der Waals surface area contributed by atoms with Gasteiger partial charge in [0.05, 0.1) is 17.6 Å². The van der Waals surface area contributed by atoms with Crippen LogP contribution in [0.1, 0.15) is 11.1 Å². The van der Waals surface area contributed by atoms with Crippen LogP contribution in [0.2, 0.25) is 0 Å². The predicted octanol–water partition coefficient (Wildman–Crippen LogP) is 2.38. The first-order valence-corrected chi connectivity index (χ1v) is 8.56. The van der Waals surface area contributed by atoms with Crippen LogP contribution < -0.4 is 4.72 Å². The van der Waals surface area contributed by atoms with Gasteiger partial charge in [-0.1, -0.05) is 24.3 Å². The second-order valence-corrected chi connectivity index (χ2v) is 7.13. The molecule has 0 saturated heterocycles. The normalized spacial score (nSPS) is 17.7. The molecule has 1 aliphatic rings. The maximum Gasteiger partial charge on any atom is 0.240 e. The molecule has 0 fully saturated rings. The molecule has 0 amide bonds. The van der Waals surface area contributed by atoms with E-state index in [0.717, 1.165) is 23.3 Å². The van der Waals surface area contributed by atoms with Crippen molar-refractivity contribution < 1.29 is 21.9 Å². The van der Waals surface area contributed by atoms with E-state index in [1.807, 2.05) is 24.3 Å². The summed E-state index contributed by atoms with van der Waals surface area (Å²) in [5, 5.41) is 0. The number of benzene rings is 2. The second kappa shape index (κ2) is 6.35. The highest BCUT2D eigenvalue weighted by molar-refractivity contribution is 7.89. The zero-order chi connectivity index (χ0) is 16.4. The number of hydrogen-bond donors (Lipinski definition) is 1. The molecule has 2 aromatic carbocycles. The Kier molecular flexibility index (Phi) is 4.43. The zero-order valence-electron chi connectivity index (χ0n) is 12.1. The zero-order valence-corrected chi connectivity index (χ0v) is 12.9. The molecule has 0 aliphatic carbocycles. The van der Waals surface area contributed by atoms with E-state index >= 15 is 0 Å². The fourth-order valence-electron chi connectivity index (χ4n) is 2.51. The lowest BCUT2D eigenvalue weighted by atomic mass is 9.99. The van der Waals surface area contributed by atoms with E-state index in [1.54, 1.807) is 0 Å². The van der Waals surface area contributed by atoms with Gasteiger partial charge in [0.25, 0.3) is 0 Å². The van der Waals surface area contributed by atoms with E-state index in [2.05, 4.69) is 4.72 Å². The molecule has 1 aliphatic heterocycles. The number of sulfonamides is 1. The molecular weight excluding hydrogens is 324 g/mol. The topological polar surface area (TPSA) is 55.4 Å². The SMILES string of the molecule is O=S(=O)(NCC1Cc2ccccc2CO1)c1cc(F)cc(F)c1. The second-order valence-electron chi connectivity index (χ2n) is 5.36. The van der Waals surface area contributed by atoms with Crippen LogP contribution in [0.3, 0.4) is 0 Å². The summed E-state index contributed by atoms with van der Waals surface area (Å²) in [7, 11) is -3.99. The summed E-state index contributed by atoms with van der Waals surface area (Å²) in [6.07, 6.45) is 0.258. The highest BCUT2D eigenvalue weighted by Gasteiger charge is 2.22. The quantitative estimate of drug-likeness (QED) is 0.931. The first-order chi connectivity index (χ1) is 10.9. The van der Waals surface area contributed by atoms with Gasteiger partial charge in [0, 0.05) is 19.0 Å². The predicted molar refractivity (Wildman–Crippen MR) is 80.3 cm³/mol. The van der Waals surface area contributed by atoms with Crippen molar-refractivity contribution in [3.05, 3.63) is 65.2 Å². The van der Waals surface area contributed by atoms with Crippen molar-refractivity contribution in [1.29, 1.82) is 0 Å². The number of nitrogens with one attached hydrogen (secondary N) is 1. The maximum absolute atomic E-state index is 13.2. The molecule has 0 bridgehead atoms. The largest absolute Gasteiger partial charge is 0.372 e. The molecule has 23 heavy (non-hydrogen) atoms.